The van der Waals surface area contributed by atoms with Gasteiger partial charge in [0.2, 0.25) is 11.3 Å². The number of nitrogens with zero attached hydrogens (tertiary/aromatic N) is 3. The first-order valence-electron chi connectivity index (χ1n) is 11.6. The van der Waals surface area contributed by atoms with Crippen molar-refractivity contribution in [3.63, 3.8) is 0 Å². The number of rotatable bonds is 7. The summed E-state index contributed by atoms with van der Waals surface area (Å²) in [6, 6.07) is 18.0. The number of anilines is 2. The highest BCUT2D eigenvalue weighted by atomic mass is 16.5. The lowest BCUT2D eigenvalue weighted by atomic mass is 10.1. The molecule has 34 heavy (non-hydrogen) atoms. The second-order valence-corrected chi connectivity index (χ2v) is 8.79. The lowest BCUT2D eigenvalue weighted by molar-refractivity contribution is -0.116. The van der Waals surface area contributed by atoms with Crippen LogP contribution in [0.2, 0.25) is 0 Å². The molecule has 1 aromatic heterocycles. The molecule has 1 fully saturated rings. The van der Waals surface area contributed by atoms with E-state index in [0.29, 0.717) is 6.54 Å². The maximum Gasteiger partial charge on any atom is 0.244 e. The van der Waals surface area contributed by atoms with E-state index in [1.165, 1.54) is 12.8 Å². The average molecular weight is 461 g/mol. The van der Waals surface area contributed by atoms with Gasteiger partial charge in [-0.25, -0.2) is 0 Å². The van der Waals surface area contributed by atoms with Crippen LogP contribution in [0.15, 0.2) is 65.6 Å². The summed E-state index contributed by atoms with van der Waals surface area (Å²) in [6.07, 6.45) is 1.64. The first kappa shape index (κ1) is 23.6. The molecule has 1 aliphatic rings. The summed E-state index contributed by atoms with van der Waals surface area (Å²) in [5.74, 6) is 0.0896. The molecule has 2 aromatic carbocycles. The lowest BCUT2D eigenvalue weighted by Crippen LogP contribution is -2.46. The predicted octanol–water partition coefficient (Wildman–Crippen LogP) is 3.43. The summed E-state index contributed by atoms with van der Waals surface area (Å²) in [7, 11) is 1.47. The van der Waals surface area contributed by atoms with Crippen LogP contribution in [0.4, 0.5) is 11.4 Å². The Morgan fingerprint density at radius 1 is 1.00 bits per heavy atom. The van der Waals surface area contributed by atoms with E-state index in [9.17, 15) is 9.59 Å². The zero-order chi connectivity index (χ0) is 24.1. The van der Waals surface area contributed by atoms with Crippen LogP contribution in [0.1, 0.15) is 16.8 Å². The third-order valence-corrected chi connectivity index (χ3v) is 6.26. The van der Waals surface area contributed by atoms with Crippen molar-refractivity contribution in [1.82, 2.24) is 9.47 Å². The Labute approximate surface area is 200 Å². The molecule has 2 heterocycles. The fourth-order valence-corrected chi connectivity index (χ4v) is 4.28. The quantitative estimate of drug-likeness (QED) is 0.585. The van der Waals surface area contributed by atoms with Gasteiger partial charge in [-0.05, 0) is 43.2 Å². The first-order chi connectivity index (χ1) is 16.4. The molecule has 0 radical (unpaired) electrons. The van der Waals surface area contributed by atoms with E-state index in [0.717, 1.165) is 48.7 Å². The Morgan fingerprint density at radius 2 is 1.74 bits per heavy atom. The molecule has 1 aliphatic heterocycles. The minimum atomic E-state index is -0.174. The van der Waals surface area contributed by atoms with Crippen molar-refractivity contribution < 1.29 is 9.53 Å². The van der Waals surface area contributed by atoms with Crippen molar-refractivity contribution in [2.24, 2.45) is 0 Å². The first-order valence-corrected chi connectivity index (χ1v) is 11.6. The van der Waals surface area contributed by atoms with Gasteiger partial charge >= 0.3 is 0 Å². The molecule has 7 nitrogen and oxygen atoms in total. The van der Waals surface area contributed by atoms with Gasteiger partial charge in [-0.2, -0.15) is 0 Å². The van der Waals surface area contributed by atoms with Crippen LogP contribution >= 0.6 is 0 Å². The van der Waals surface area contributed by atoms with Gasteiger partial charge in [0.25, 0.3) is 0 Å². The molecule has 0 saturated carbocycles. The third-order valence-electron chi connectivity index (χ3n) is 6.26. The van der Waals surface area contributed by atoms with Crippen LogP contribution < -0.4 is 20.4 Å². The second-order valence-electron chi connectivity index (χ2n) is 8.79. The number of amides is 1. The van der Waals surface area contributed by atoms with Crippen molar-refractivity contribution in [3.8, 4) is 5.75 Å². The van der Waals surface area contributed by atoms with Crippen LogP contribution in [0.5, 0.6) is 5.75 Å². The molecule has 0 atom stereocenters. The molecule has 0 bridgehead atoms. The number of hydrogen-bond acceptors (Lipinski definition) is 5. The maximum atomic E-state index is 12.9. The van der Waals surface area contributed by atoms with E-state index < -0.39 is 0 Å². The van der Waals surface area contributed by atoms with Crippen molar-refractivity contribution >= 4 is 17.3 Å². The molecule has 0 aliphatic carbocycles. The van der Waals surface area contributed by atoms with Gasteiger partial charge in [-0.3, -0.25) is 14.5 Å². The van der Waals surface area contributed by atoms with Crippen LogP contribution in [0, 0.1) is 13.8 Å². The molecular formula is C27H32N4O3. The molecule has 1 N–H and O–H groups in total. The maximum absolute atomic E-state index is 12.9. The third kappa shape index (κ3) is 5.66. The van der Waals surface area contributed by atoms with Crippen molar-refractivity contribution in [2.75, 3.05) is 43.5 Å². The van der Waals surface area contributed by atoms with Crippen molar-refractivity contribution in [1.29, 1.82) is 0 Å². The van der Waals surface area contributed by atoms with Gasteiger partial charge < -0.3 is 19.5 Å². The lowest BCUT2D eigenvalue weighted by Gasteiger charge is -2.36. The standard InChI is InChI=1S/C27H32N4O3/c1-20-9-10-21(2)24(15-20)28-27(33)19-31-18-26(34-3)25(32)16-23(31)17-29-11-13-30(14-12-29)22-7-5-4-6-8-22/h4-10,15-16,18H,11-14,17,19H2,1-3H3,(H,28,33). The molecule has 178 valence electrons. The summed E-state index contributed by atoms with van der Waals surface area (Å²) in [6.45, 7) is 8.25. The highest BCUT2D eigenvalue weighted by Gasteiger charge is 2.19. The van der Waals surface area contributed by atoms with E-state index in [1.807, 2.05) is 42.7 Å². The number of ether oxygens (including phenoxy) is 1. The van der Waals surface area contributed by atoms with Gasteiger partial charge in [0.05, 0.1) is 13.3 Å². The van der Waals surface area contributed by atoms with Crippen molar-refractivity contribution in [2.45, 2.75) is 26.9 Å². The number of aryl methyl sites for hydroxylation is 2. The van der Waals surface area contributed by atoms with E-state index in [2.05, 4.69) is 39.4 Å². The van der Waals surface area contributed by atoms with Gasteiger partial charge in [-0.1, -0.05) is 30.3 Å². The Kier molecular flexibility index (Phi) is 7.33. The molecule has 1 amide bonds. The van der Waals surface area contributed by atoms with E-state index in [1.54, 1.807) is 12.3 Å². The minimum absolute atomic E-state index is 0.101. The number of methoxy groups -OCH3 is 1. The van der Waals surface area contributed by atoms with Crippen LogP contribution in [-0.2, 0) is 17.9 Å². The molecular weight excluding hydrogens is 428 g/mol. The molecule has 7 heteroatoms. The summed E-state index contributed by atoms with van der Waals surface area (Å²) in [4.78, 5) is 30.1. The number of nitrogens with one attached hydrogen (secondary N) is 1. The number of piperazine rings is 1. The average Bonchev–Trinajstić information content (AvgIpc) is 2.84. The number of hydrogen-bond donors (Lipinski definition) is 1. The Morgan fingerprint density at radius 3 is 2.44 bits per heavy atom. The summed E-state index contributed by atoms with van der Waals surface area (Å²) >= 11 is 0. The molecule has 1 saturated heterocycles. The largest absolute Gasteiger partial charge is 0.491 e. The van der Waals surface area contributed by atoms with Gasteiger partial charge in [-0.15, -0.1) is 0 Å². The minimum Gasteiger partial charge on any atom is -0.491 e. The number of para-hydroxylation sites is 1. The van der Waals surface area contributed by atoms with E-state index in [4.69, 9.17) is 4.74 Å². The Hall–Kier alpha value is -3.58. The van der Waals surface area contributed by atoms with Gasteiger partial charge in [0, 0.05) is 55.9 Å². The van der Waals surface area contributed by atoms with Crippen LogP contribution in [0.3, 0.4) is 0 Å². The number of pyridine rings is 1. The molecule has 3 aromatic rings. The fraction of sp³-hybridized carbons (Fsp3) is 0.333. The molecule has 0 spiro atoms. The summed E-state index contributed by atoms with van der Waals surface area (Å²) in [5.41, 5.74) is 4.75. The highest BCUT2D eigenvalue weighted by molar-refractivity contribution is 5.91. The monoisotopic (exact) mass is 460 g/mol. The second kappa shape index (κ2) is 10.6. The number of aromatic nitrogens is 1. The van der Waals surface area contributed by atoms with E-state index >= 15 is 0 Å². The Bertz CT molecular complexity index is 1200. The Balaban J connectivity index is 1.47. The van der Waals surface area contributed by atoms with Crippen LogP contribution in [0.25, 0.3) is 0 Å². The highest BCUT2D eigenvalue weighted by Crippen LogP contribution is 2.19. The van der Waals surface area contributed by atoms with Crippen molar-refractivity contribution in [3.05, 3.63) is 87.8 Å². The normalized spacial score (nSPS) is 14.1. The number of carbonyl (C=O) groups excluding carboxylic acids is 1. The van der Waals surface area contributed by atoms with Gasteiger partial charge in [0.15, 0.2) is 5.75 Å². The van der Waals surface area contributed by atoms with Crippen LogP contribution in [-0.4, -0.2) is 48.7 Å². The fourth-order valence-electron chi connectivity index (χ4n) is 4.28. The summed E-state index contributed by atoms with van der Waals surface area (Å²) < 4.78 is 7.07. The number of carbonyl (C=O) groups is 1. The molecule has 0 unspecified atom stereocenters. The predicted molar refractivity (Wildman–Crippen MR) is 136 cm³/mol. The van der Waals surface area contributed by atoms with E-state index in [-0.39, 0.29) is 23.6 Å². The zero-order valence-electron chi connectivity index (χ0n) is 20.1. The topological polar surface area (TPSA) is 66.8 Å². The summed E-state index contributed by atoms with van der Waals surface area (Å²) in [5, 5.41) is 3.01. The molecule has 4 rings (SSSR count). The van der Waals surface area contributed by atoms with Gasteiger partial charge in [0.1, 0.15) is 6.54 Å². The zero-order valence-corrected chi connectivity index (χ0v) is 20.1. The smallest absolute Gasteiger partial charge is 0.244 e. The number of benzene rings is 2. The SMILES string of the molecule is COc1cn(CC(=O)Nc2cc(C)ccc2C)c(CN2CCN(c3ccccc3)CC2)cc1=O.